The summed E-state index contributed by atoms with van der Waals surface area (Å²) in [6.45, 7) is 0.673. The van der Waals surface area contributed by atoms with Crippen LogP contribution in [0.4, 0.5) is 4.79 Å². The lowest BCUT2D eigenvalue weighted by Crippen LogP contribution is -2.27. The summed E-state index contributed by atoms with van der Waals surface area (Å²) in [5, 5.41) is 0.326. The van der Waals surface area contributed by atoms with E-state index in [1.165, 1.54) is 8.47 Å². The molecule has 8 heteroatoms. The molecule has 0 saturated carbocycles. The minimum atomic E-state index is -0.301. The highest BCUT2D eigenvalue weighted by Gasteiger charge is 2.35. The quantitative estimate of drug-likeness (QED) is 0.207. The van der Waals surface area contributed by atoms with E-state index in [2.05, 4.69) is 38.5 Å². The van der Waals surface area contributed by atoms with Gasteiger partial charge in [-0.2, -0.15) is 0 Å². The Morgan fingerprint density at radius 3 is 2.38 bits per heavy atom. The highest BCUT2D eigenvalue weighted by molar-refractivity contribution is 14.1. The fourth-order valence-corrected chi connectivity index (χ4v) is 4.86. The van der Waals surface area contributed by atoms with Crippen LogP contribution in [0.1, 0.15) is 16.7 Å². The molecule has 0 spiro atoms. The summed E-state index contributed by atoms with van der Waals surface area (Å²) in [4.78, 5) is 26.8. The molecule has 1 fully saturated rings. The topological polar surface area (TPSA) is 46.6 Å². The lowest BCUT2D eigenvalue weighted by atomic mass is 10.2. The Balaban J connectivity index is 1.44. The van der Waals surface area contributed by atoms with Gasteiger partial charge >= 0.3 is 0 Å². The second-order valence-electron chi connectivity index (χ2n) is 7.00. The number of nitrogens with zero attached hydrogens (tertiary/aromatic N) is 1. The van der Waals surface area contributed by atoms with Gasteiger partial charge in [-0.25, -0.2) is 0 Å². The first-order valence-electron chi connectivity index (χ1n) is 9.55. The standard InChI is InChI=1S/C24H16BrClINO3S/c25-20-11-17(5-10-21(20)31-14-16-3-8-19(27)9-4-16)12-22-23(29)28(24(30)32-22)13-15-1-6-18(26)7-2-15/h1-12H,13-14H2/b22-12+. The average Bonchev–Trinajstić information content (AvgIpc) is 3.03. The van der Waals surface area contributed by atoms with Crippen LogP contribution < -0.4 is 4.74 Å². The van der Waals surface area contributed by atoms with Gasteiger partial charge in [-0.1, -0.05) is 41.9 Å². The van der Waals surface area contributed by atoms with Crippen LogP contribution in [0, 0.1) is 3.57 Å². The highest BCUT2D eigenvalue weighted by atomic mass is 127. The van der Waals surface area contributed by atoms with Crippen LogP contribution in [0.25, 0.3) is 6.08 Å². The van der Waals surface area contributed by atoms with Crippen LogP contribution in [-0.4, -0.2) is 16.0 Å². The molecular weight excluding hydrogens is 625 g/mol. The number of hydrogen-bond acceptors (Lipinski definition) is 4. The minimum absolute atomic E-state index is 0.216. The van der Waals surface area contributed by atoms with E-state index in [9.17, 15) is 9.59 Å². The normalized spacial score (nSPS) is 15.0. The molecular formula is C24H16BrClINO3S. The SMILES string of the molecule is O=C1S/C(=C/c2ccc(OCc3ccc(I)cc3)c(Br)c2)C(=O)N1Cc1ccc(Cl)cc1. The van der Waals surface area contributed by atoms with E-state index in [0.717, 1.165) is 32.9 Å². The summed E-state index contributed by atoms with van der Waals surface area (Å²) in [5.74, 6) is 0.404. The molecule has 0 bridgehead atoms. The number of imide groups is 1. The van der Waals surface area contributed by atoms with Crippen molar-refractivity contribution in [3.63, 3.8) is 0 Å². The van der Waals surface area contributed by atoms with Crippen molar-refractivity contribution >= 4 is 79.1 Å². The highest BCUT2D eigenvalue weighted by Crippen LogP contribution is 2.35. The first-order chi connectivity index (χ1) is 15.4. The lowest BCUT2D eigenvalue weighted by molar-refractivity contribution is -0.123. The van der Waals surface area contributed by atoms with E-state index in [4.69, 9.17) is 16.3 Å². The van der Waals surface area contributed by atoms with E-state index in [1.54, 1.807) is 30.3 Å². The van der Waals surface area contributed by atoms with Crippen molar-refractivity contribution in [3.8, 4) is 5.75 Å². The van der Waals surface area contributed by atoms with Crippen molar-refractivity contribution in [1.29, 1.82) is 0 Å². The van der Waals surface area contributed by atoms with Gasteiger partial charge in [0.25, 0.3) is 11.1 Å². The second kappa shape index (κ2) is 10.4. The third kappa shape index (κ3) is 5.75. The van der Waals surface area contributed by atoms with Crippen LogP contribution in [-0.2, 0) is 17.9 Å². The van der Waals surface area contributed by atoms with Crippen molar-refractivity contribution < 1.29 is 14.3 Å². The molecule has 32 heavy (non-hydrogen) atoms. The Morgan fingerprint density at radius 1 is 1.00 bits per heavy atom. The Morgan fingerprint density at radius 2 is 1.69 bits per heavy atom. The van der Waals surface area contributed by atoms with E-state index >= 15 is 0 Å². The summed E-state index contributed by atoms with van der Waals surface area (Å²) in [7, 11) is 0. The number of carbonyl (C=O) groups is 2. The molecule has 1 aliphatic heterocycles. The molecule has 2 amide bonds. The van der Waals surface area contributed by atoms with Gasteiger partial charge in [-0.05, 0) is 109 Å². The van der Waals surface area contributed by atoms with Crippen molar-refractivity contribution in [2.24, 2.45) is 0 Å². The Kier molecular flexibility index (Phi) is 7.60. The maximum atomic E-state index is 12.8. The third-order valence-electron chi connectivity index (χ3n) is 4.69. The third-order valence-corrected chi connectivity index (χ3v) is 7.19. The Labute approximate surface area is 217 Å². The first-order valence-corrected chi connectivity index (χ1v) is 12.6. The number of amides is 2. The van der Waals surface area contributed by atoms with Gasteiger partial charge in [-0.15, -0.1) is 0 Å². The molecule has 3 aromatic rings. The molecule has 1 heterocycles. The zero-order valence-corrected chi connectivity index (χ0v) is 21.9. The van der Waals surface area contributed by atoms with Crippen molar-refractivity contribution in [3.05, 3.63) is 101 Å². The summed E-state index contributed by atoms with van der Waals surface area (Å²) in [6.07, 6.45) is 1.72. The second-order valence-corrected chi connectivity index (χ2v) is 10.5. The smallest absolute Gasteiger partial charge is 0.293 e. The van der Waals surface area contributed by atoms with Gasteiger partial charge in [-0.3, -0.25) is 14.5 Å². The Hall–Kier alpha value is -1.81. The maximum Gasteiger partial charge on any atom is 0.293 e. The maximum absolute atomic E-state index is 12.8. The zero-order valence-electron chi connectivity index (χ0n) is 16.6. The number of hydrogen-bond donors (Lipinski definition) is 0. The van der Waals surface area contributed by atoms with Crippen molar-refractivity contribution in [1.82, 2.24) is 4.90 Å². The van der Waals surface area contributed by atoms with E-state index in [1.807, 2.05) is 42.5 Å². The number of benzene rings is 3. The molecule has 1 saturated heterocycles. The van der Waals surface area contributed by atoms with Gasteiger partial charge in [0.2, 0.25) is 0 Å². The fourth-order valence-electron chi connectivity index (χ4n) is 3.03. The zero-order chi connectivity index (χ0) is 22.7. The molecule has 0 aromatic heterocycles. The van der Waals surface area contributed by atoms with Crippen LogP contribution in [0.2, 0.25) is 5.02 Å². The molecule has 0 unspecified atom stereocenters. The number of rotatable bonds is 6. The van der Waals surface area contributed by atoms with Crippen LogP contribution in [0.5, 0.6) is 5.75 Å². The molecule has 4 nitrogen and oxygen atoms in total. The molecule has 0 N–H and O–H groups in total. The Bertz CT molecular complexity index is 1200. The van der Waals surface area contributed by atoms with Gasteiger partial charge in [0.15, 0.2) is 0 Å². The summed E-state index contributed by atoms with van der Waals surface area (Å²) in [5.41, 5.74) is 2.72. The van der Waals surface area contributed by atoms with Crippen LogP contribution in [0.15, 0.2) is 76.1 Å². The van der Waals surface area contributed by atoms with E-state index in [0.29, 0.717) is 22.3 Å². The van der Waals surface area contributed by atoms with Gasteiger partial charge in [0, 0.05) is 8.59 Å². The molecule has 162 valence electrons. The van der Waals surface area contributed by atoms with Crippen molar-refractivity contribution in [2.75, 3.05) is 0 Å². The van der Waals surface area contributed by atoms with Crippen LogP contribution >= 0.6 is 61.9 Å². The lowest BCUT2D eigenvalue weighted by Gasteiger charge is -2.12. The molecule has 0 aliphatic carbocycles. The summed E-state index contributed by atoms with van der Waals surface area (Å²) < 4.78 is 7.85. The molecule has 0 atom stereocenters. The number of thioether (sulfide) groups is 1. The number of halogens is 3. The number of carbonyl (C=O) groups excluding carboxylic acids is 2. The monoisotopic (exact) mass is 639 g/mol. The van der Waals surface area contributed by atoms with E-state index in [-0.39, 0.29) is 17.7 Å². The van der Waals surface area contributed by atoms with Gasteiger partial charge in [0.05, 0.1) is 15.9 Å². The molecule has 1 aliphatic rings. The summed E-state index contributed by atoms with van der Waals surface area (Å²) >= 11 is 12.7. The molecule has 0 radical (unpaired) electrons. The van der Waals surface area contributed by atoms with Gasteiger partial charge in [0.1, 0.15) is 12.4 Å². The predicted octanol–water partition coefficient (Wildman–Crippen LogP) is 7.52. The largest absolute Gasteiger partial charge is 0.488 e. The predicted molar refractivity (Wildman–Crippen MR) is 141 cm³/mol. The fraction of sp³-hybridized carbons (Fsp3) is 0.0833. The molecule has 3 aromatic carbocycles. The molecule has 4 rings (SSSR count). The first kappa shape index (κ1) is 23.4. The summed E-state index contributed by atoms with van der Waals surface area (Å²) in [6, 6.07) is 20.8. The van der Waals surface area contributed by atoms with Gasteiger partial charge < -0.3 is 4.74 Å². The number of ether oxygens (including phenoxy) is 1. The minimum Gasteiger partial charge on any atom is -0.488 e. The average molecular weight is 641 g/mol. The van der Waals surface area contributed by atoms with Crippen LogP contribution in [0.3, 0.4) is 0 Å². The van der Waals surface area contributed by atoms with Crippen molar-refractivity contribution in [2.45, 2.75) is 13.2 Å². The van der Waals surface area contributed by atoms with E-state index < -0.39 is 0 Å².